The van der Waals surface area contributed by atoms with Gasteiger partial charge in [-0.05, 0) is 88.3 Å². The molecule has 6 nitrogen and oxygen atoms in total. The highest BCUT2D eigenvalue weighted by Crippen LogP contribution is 2.42. The largest absolute Gasteiger partial charge is 0.456 e. The summed E-state index contributed by atoms with van der Waals surface area (Å²) < 4.78 is 15.3. The smallest absolute Gasteiger partial charge is 0.167 e. The number of aromatic nitrogens is 4. The van der Waals surface area contributed by atoms with E-state index in [4.69, 9.17) is 23.8 Å². The molecular weight excluding hydrogens is 725 g/mol. The normalized spacial score (nSPS) is 12.1. The van der Waals surface area contributed by atoms with E-state index in [1.807, 2.05) is 42.5 Å². The second-order valence-corrected chi connectivity index (χ2v) is 15.2. The van der Waals surface area contributed by atoms with E-state index in [-0.39, 0.29) is 0 Å². The second-order valence-electron chi connectivity index (χ2n) is 15.2. The molecule has 0 N–H and O–H groups in total. The fraction of sp³-hybridized carbons (Fsp3) is 0. The summed E-state index contributed by atoms with van der Waals surface area (Å²) in [6.07, 6.45) is 0. The number of rotatable bonds is 4. The van der Waals surface area contributed by atoms with E-state index < -0.39 is 0 Å². The topological polar surface area (TPSA) is 69.9 Å². The quantitative estimate of drug-likeness (QED) is 0.179. The number of hydrogen-bond acceptors (Lipinski definition) is 5. The standard InChI is InChI=1S/C53H30N4O2/c1-2-12-32-25-35(22-21-31(32)11-1)51-54-52(36-23-24-49-42(27-36)39-16-6-9-19-47(39)58-49)56-53(55-51)44-30-37(29-43-40-17-7-10-20-48(40)59-50(43)44)57-45-18-8-5-15-38(45)41-26-33-13-3-4-14-34(33)28-46(41)57/h1-30H. The van der Waals surface area contributed by atoms with Crippen molar-refractivity contribution in [2.24, 2.45) is 0 Å². The van der Waals surface area contributed by atoms with Crippen LogP contribution in [0.25, 0.3) is 127 Å². The molecule has 0 atom stereocenters. The van der Waals surface area contributed by atoms with Gasteiger partial charge >= 0.3 is 0 Å². The van der Waals surface area contributed by atoms with E-state index in [1.165, 1.54) is 21.5 Å². The number of benzene rings is 9. The van der Waals surface area contributed by atoms with Crippen LogP contribution in [0.1, 0.15) is 0 Å². The molecule has 0 saturated heterocycles. The van der Waals surface area contributed by atoms with Crippen LogP contribution in [0.4, 0.5) is 0 Å². The number of fused-ring (bicyclic) bond motifs is 11. The number of furan rings is 2. The van der Waals surface area contributed by atoms with Crippen molar-refractivity contribution in [2.45, 2.75) is 0 Å². The summed E-state index contributed by atoms with van der Waals surface area (Å²) >= 11 is 0. The van der Waals surface area contributed by atoms with E-state index >= 15 is 0 Å². The molecule has 274 valence electrons. The first kappa shape index (κ1) is 32.0. The van der Waals surface area contributed by atoms with E-state index in [0.29, 0.717) is 17.5 Å². The van der Waals surface area contributed by atoms with Crippen molar-refractivity contribution < 1.29 is 8.83 Å². The molecular formula is C53H30N4O2. The zero-order valence-corrected chi connectivity index (χ0v) is 31.4. The van der Waals surface area contributed by atoms with E-state index in [1.54, 1.807) is 0 Å². The molecule has 0 bridgehead atoms. The van der Waals surface area contributed by atoms with Crippen LogP contribution in [0.5, 0.6) is 0 Å². The lowest BCUT2D eigenvalue weighted by Gasteiger charge is -2.13. The third-order valence-corrected chi connectivity index (χ3v) is 11.8. The molecule has 6 heteroatoms. The zero-order chi connectivity index (χ0) is 38.6. The summed E-state index contributed by atoms with van der Waals surface area (Å²) in [6, 6.07) is 63.5. The third kappa shape index (κ3) is 4.90. The fourth-order valence-corrected chi connectivity index (χ4v) is 8.99. The molecule has 0 aliphatic rings. The Balaban J connectivity index is 1.12. The SMILES string of the molecule is c1ccc2cc(-c3nc(-c4ccc5oc6ccccc6c5c4)nc(-c4cc(-n5c6ccccc6c6cc7ccccc7cc65)cc5c4oc4ccccc45)n3)ccc2c1. The number of para-hydroxylation sites is 3. The summed E-state index contributed by atoms with van der Waals surface area (Å²) in [5, 5.41) is 11.1. The lowest BCUT2D eigenvalue weighted by Crippen LogP contribution is -2.01. The van der Waals surface area contributed by atoms with E-state index in [9.17, 15) is 0 Å². The van der Waals surface area contributed by atoms with Gasteiger partial charge in [-0.25, -0.2) is 15.0 Å². The van der Waals surface area contributed by atoms with Crippen molar-refractivity contribution in [3.05, 3.63) is 182 Å². The molecule has 0 spiro atoms. The Labute approximate surface area is 336 Å². The van der Waals surface area contributed by atoms with E-state index in [2.05, 4.69) is 144 Å². The monoisotopic (exact) mass is 754 g/mol. The molecule has 13 rings (SSSR count). The first-order chi connectivity index (χ1) is 29.2. The van der Waals surface area contributed by atoms with Gasteiger partial charge in [-0.15, -0.1) is 0 Å². The van der Waals surface area contributed by atoms with Crippen molar-refractivity contribution in [3.8, 4) is 39.9 Å². The highest BCUT2D eigenvalue weighted by Gasteiger charge is 2.22. The van der Waals surface area contributed by atoms with Gasteiger partial charge in [-0.1, -0.05) is 115 Å². The van der Waals surface area contributed by atoms with Gasteiger partial charge in [0.25, 0.3) is 0 Å². The Morgan fingerprint density at radius 3 is 1.71 bits per heavy atom. The predicted molar refractivity (Wildman–Crippen MR) is 240 cm³/mol. The van der Waals surface area contributed by atoms with Gasteiger partial charge in [0, 0.05) is 49.1 Å². The van der Waals surface area contributed by atoms with Crippen LogP contribution in [-0.2, 0) is 0 Å². The molecule has 59 heavy (non-hydrogen) atoms. The lowest BCUT2D eigenvalue weighted by atomic mass is 10.0. The molecule has 0 aliphatic heterocycles. The molecule has 0 amide bonds. The van der Waals surface area contributed by atoms with Crippen molar-refractivity contribution in [1.29, 1.82) is 0 Å². The highest BCUT2D eigenvalue weighted by atomic mass is 16.3. The second kappa shape index (κ2) is 12.2. The molecule has 0 saturated carbocycles. The summed E-state index contributed by atoms with van der Waals surface area (Å²) in [7, 11) is 0. The van der Waals surface area contributed by atoms with Crippen LogP contribution in [0.15, 0.2) is 191 Å². The number of nitrogens with zero attached hydrogens (tertiary/aromatic N) is 4. The molecule has 4 aromatic heterocycles. The predicted octanol–water partition coefficient (Wildman–Crippen LogP) is 14.1. The minimum Gasteiger partial charge on any atom is -0.456 e. The van der Waals surface area contributed by atoms with Crippen LogP contribution < -0.4 is 0 Å². The maximum absolute atomic E-state index is 6.77. The Bertz CT molecular complexity index is 3870. The van der Waals surface area contributed by atoms with Crippen LogP contribution >= 0.6 is 0 Å². The van der Waals surface area contributed by atoms with Gasteiger partial charge in [-0.2, -0.15) is 0 Å². The number of hydrogen-bond donors (Lipinski definition) is 0. The lowest BCUT2D eigenvalue weighted by molar-refractivity contribution is 0.669. The van der Waals surface area contributed by atoms with Crippen molar-refractivity contribution in [2.75, 3.05) is 0 Å². The summed E-state index contributed by atoms with van der Waals surface area (Å²) in [4.78, 5) is 15.8. The Morgan fingerprint density at radius 2 is 0.915 bits per heavy atom. The minimum atomic E-state index is 0.521. The summed E-state index contributed by atoms with van der Waals surface area (Å²) in [5.41, 5.74) is 8.94. The first-order valence-corrected chi connectivity index (χ1v) is 19.8. The summed E-state index contributed by atoms with van der Waals surface area (Å²) in [5.74, 6) is 1.65. The Morgan fingerprint density at radius 1 is 0.339 bits per heavy atom. The Kier molecular flexibility index (Phi) is 6.63. The van der Waals surface area contributed by atoms with Gasteiger partial charge in [-0.3, -0.25) is 0 Å². The van der Waals surface area contributed by atoms with Gasteiger partial charge in [0.15, 0.2) is 17.5 Å². The van der Waals surface area contributed by atoms with Gasteiger partial charge in [0.1, 0.15) is 22.3 Å². The maximum Gasteiger partial charge on any atom is 0.167 e. The molecule has 0 fully saturated rings. The van der Waals surface area contributed by atoms with Crippen molar-refractivity contribution in [3.63, 3.8) is 0 Å². The van der Waals surface area contributed by atoms with Gasteiger partial charge in [0.2, 0.25) is 0 Å². The van der Waals surface area contributed by atoms with Crippen LogP contribution in [0.2, 0.25) is 0 Å². The molecule has 13 aromatic rings. The molecule has 9 aromatic carbocycles. The van der Waals surface area contributed by atoms with Crippen LogP contribution in [0, 0.1) is 0 Å². The van der Waals surface area contributed by atoms with Gasteiger partial charge in [0.05, 0.1) is 16.6 Å². The summed E-state index contributed by atoms with van der Waals surface area (Å²) in [6.45, 7) is 0. The average Bonchev–Trinajstić information content (AvgIpc) is 3.96. The minimum absolute atomic E-state index is 0.521. The molecule has 0 radical (unpaired) electrons. The maximum atomic E-state index is 6.77. The van der Waals surface area contributed by atoms with E-state index in [0.717, 1.165) is 88.1 Å². The molecule has 0 unspecified atom stereocenters. The fourth-order valence-electron chi connectivity index (χ4n) is 8.99. The zero-order valence-electron chi connectivity index (χ0n) is 31.4. The van der Waals surface area contributed by atoms with Crippen molar-refractivity contribution >= 4 is 87.2 Å². The van der Waals surface area contributed by atoms with Crippen LogP contribution in [0.3, 0.4) is 0 Å². The first-order valence-electron chi connectivity index (χ1n) is 19.8. The average molecular weight is 755 g/mol. The van der Waals surface area contributed by atoms with Crippen LogP contribution in [-0.4, -0.2) is 19.5 Å². The van der Waals surface area contributed by atoms with Gasteiger partial charge < -0.3 is 13.4 Å². The third-order valence-electron chi connectivity index (χ3n) is 11.8. The highest BCUT2D eigenvalue weighted by molar-refractivity contribution is 6.15. The Hall–Kier alpha value is -8.09. The van der Waals surface area contributed by atoms with Crippen molar-refractivity contribution in [1.82, 2.24) is 19.5 Å². The molecule has 0 aliphatic carbocycles. The molecule has 4 heterocycles.